The van der Waals surface area contributed by atoms with E-state index in [0.29, 0.717) is 43.2 Å². The Kier molecular flexibility index (Phi) is 6.42. The lowest BCUT2D eigenvalue weighted by Crippen LogP contribution is -2.51. The molecule has 0 unspecified atom stereocenters. The molecule has 1 aliphatic heterocycles. The van der Waals surface area contributed by atoms with Gasteiger partial charge in [0.15, 0.2) is 6.61 Å². The molecule has 3 aromatic rings. The van der Waals surface area contributed by atoms with Gasteiger partial charge in [0.25, 0.3) is 11.8 Å². The predicted molar refractivity (Wildman–Crippen MR) is 123 cm³/mol. The number of hydrogen-bond donors (Lipinski definition) is 0. The highest BCUT2D eigenvalue weighted by molar-refractivity contribution is 9.10. The second-order valence-electron chi connectivity index (χ2n) is 7.34. The molecule has 1 saturated heterocycles. The average Bonchev–Trinajstić information content (AvgIpc) is 2.82. The maximum atomic E-state index is 12.7. The first-order chi connectivity index (χ1) is 15.0. The van der Waals surface area contributed by atoms with Crippen LogP contribution in [0.15, 0.2) is 65.1 Å². The molecule has 160 valence electrons. The Labute approximate surface area is 189 Å². The van der Waals surface area contributed by atoms with E-state index in [9.17, 15) is 9.59 Å². The van der Waals surface area contributed by atoms with Crippen LogP contribution in [-0.4, -0.2) is 61.5 Å². The fraction of sp³-hybridized carbons (Fsp3) is 0.250. The first-order valence-electron chi connectivity index (χ1n) is 10.1. The topological polar surface area (TPSA) is 59.1 Å². The lowest BCUT2D eigenvalue weighted by molar-refractivity contribution is -0.134. The maximum Gasteiger partial charge on any atom is 0.260 e. The fourth-order valence-corrected chi connectivity index (χ4v) is 3.97. The molecule has 0 atom stereocenters. The lowest BCUT2D eigenvalue weighted by atomic mass is 10.1. The Morgan fingerprint density at radius 2 is 1.45 bits per heavy atom. The van der Waals surface area contributed by atoms with Crippen molar-refractivity contribution in [3.05, 3.63) is 70.7 Å². The van der Waals surface area contributed by atoms with Gasteiger partial charge in [0.2, 0.25) is 0 Å². The largest absolute Gasteiger partial charge is 0.497 e. The summed E-state index contributed by atoms with van der Waals surface area (Å²) in [6, 6.07) is 18.9. The summed E-state index contributed by atoms with van der Waals surface area (Å²) >= 11 is 3.47. The van der Waals surface area contributed by atoms with Crippen molar-refractivity contribution in [2.45, 2.75) is 0 Å². The van der Waals surface area contributed by atoms with Crippen molar-refractivity contribution in [3.63, 3.8) is 0 Å². The molecule has 2 amide bonds. The van der Waals surface area contributed by atoms with Gasteiger partial charge in [0.05, 0.1) is 7.11 Å². The van der Waals surface area contributed by atoms with Crippen molar-refractivity contribution in [1.29, 1.82) is 0 Å². The summed E-state index contributed by atoms with van der Waals surface area (Å²) in [5.74, 6) is 1.27. The Bertz CT molecular complexity index is 1090. The van der Waals surface area contributed by atoms with Crippen LogP contribution in [0.2, 0.25) is 0 Å². The van der Waals surface area contributed by atoms with E-state index in [1.165, 1.54) is 0 Å². The lowest BCUT2D eigenvalue weighted by Gasteiger charge is -2.34. The van der Waals surface area contributed by atoms with Crippen molar-refractivity contribution in [2.24, 2.45) is 0 Å². The summed E-state index contributed by atoms with van der Waals surface area (Å²) in [5.41, 5.74) is 0.618. The Balaban J connectivity index is 1.29. The molecule has 4 rings (SSSR count). The Morgan fingerprint density at radius 3 is 2.16 bits per heavy atom. The van der Waals surface area contributed by atoms with Gasteiger partial charge in [0.1, 0.15) is 11.5 Å². The van der Waals surface area contributed by atoms with Crippen LogP contribution >= 0.6 is 15.9 Å². The second-order valence-corrected chi connectivity index (χ2v) is 8.26. The molecular weight excluding hydrogens is 460 g/mol. The number of ether oxygens (including phenoxy) is 2. The smallest absolute Gasteiger partial charge is 0.260 e. The van der Waals surface area contributed by atoms with E-state index in [1.54, 1.807) is 41.2 Å². The van der Waals surface area contributed by atoms with Gasteiger partial charge < -0.3 is 19.3 Å². The number of fused-ring (bicyclic) bond motifs is 1. The molecule has 1 heterocycles. The molecule has 6 nitrogen and oxygen atoms in total. The minimum atomic E-state index is -0.0764. The number of nitrogens with zero attached hydrogens (tertiary/aromatic N) is 2. The molecule has 0 aliphatic carbocycles. The van der Waals surface area contributed by atoms with Gasteiger partial charge in [0, 0.05) is 36.2 Å². The third-order valence-corrected chi connectivity index (χ3v) is 5.89. The van der Waals surface area contributed by atoms with Crippen LogP contribution in [0.3, 0.4) is 0 Å². The van der Waals surface area contributed by atoms with Crippen molar-refractivity contribution in [3.8, 4) is 11.5 Å². The minimum absolute atomic E-state index is 0.0194. The zero-order valence-electron chi connectivity index (χ0n) is 17.2. The molecule has 1 aliphatic rings. The van der Waals surface area contributed by atoms with Crippen LogP contribution in [0.4, 0.5) is 0 Å². The number of amides is 2. The monoisotopic (exact) mass is 482 g/mol. The third kappa shape index (κ3) is 4.99. The summed E-state index contributed by atoms with van der Waals surface area (Å²) in [7, 11) is 1.59. The Morgan fingerprint density at radius 1 is 0.839 bits per heavy atom. The summed E-state index contributed by atoms with van der Waals surface area (Å²) < 4.78 is 11.9. The maximum absolute atomic E-state index is 12.7. The van der Waals surface area contributed by atoms with Crippen molar-refractivity contribution < 1.29 is 19.1 Å². The number of methoxy groups -OCH3 is 1. The van der Waals surface area contributed by atoms with Crippen molar-refractivity contribution >= 4 is 38.5 Å². The second kappa shape index (κ2) is 9.39. The van der Waals surface area contributed by atoms with Gasteiger partial charge in [-0.3, -0.25) is 9.59 Å². The van der Waals surface area contributed by atoms with Crippen LogP contribution in [0, 0.1) is 0 Å². The highest BCUT2D eigenvalue weighted by Crippen LogP contribution is 2.24. The summed E-state index contributed by atoms with van der Waals surface area (Å²) in [6.45, 7) is 1.98. The number of halogens is 1. The first-order valence-corrected chi connectivity index (χ1v) is 10.9. The highest BCUT2D eigenvalue weighted by atomic mass is 79.9. The summed E-state index contributed by atoms with van der Waals surface area (Å²) in [4.78, 5) is 28.8. The van der Waals surface area contributed by atoms with Gasteiger partial charge in [-0.15, -0.1) is 0 Å². The van der Waals surface area contributed by atoms with Gasteiger partial charge in [-0.1, -0.05) is 28.1 Å². The molecule has 0 bridgehead atoms. The fourth-order valence-electron chi connectivity index (χ4n) is 3.60. The van der Waals surface area contributed by atoms with E-state index in [0.717, 1.165) is 15.2 Å². The third-order valence-electron chi connectivity index (χ3n) is 5.39. The van der Waals surface area contributed by atoms with E-state index in [2.05, 4.69) is 15.9 Å². The molecule has 0 aromatic heterocycles. The van der Waals surface area contributed by atoms with E-state index >= 15 is 0 Å². The highest BCUT2D eigenvalue weighted by Gasteiger charge is 2.25. The van der Waals surface area contributed by atoms with Crippen LogP contribution in [0.5, 0.6) is 11.5 Å². The zero-order valence-corrected chi connectivity index (χ0v) is 18.8. The van der Waals surface area contributed by atoms with Crippen molar-refractivity contribution in [1.82, 2.24) is 9.80 Å². The molecule has 1 fully saturated rings. The number of carbonyl (C=O) groups excluding carboxylic acids is 2. The predicted octanol–water partition coefficient (Wildman–Crippen LogP) is 3.97. The molecule has 0 spiro atoms. The molecule has 0 radical (unpaired) electrons. The standard InChI is InChI=1S/C24H23BrN2O4/c1-30-21-7-3-17(4-8-21)24(29)27-12-10-26(11-13-27)23(28)16-31-22-9-5-18-14-20(25)6-2-19(18)15-22/h2-9,14-15H,10-13,16H2,1H3. The summed E-state index contributed by atoms with van der Waals surface area (Å²) in [6.07, 6.45) is 0. The van der Waals surface area contributed by atoms with Gasteiger partial charge in [-0.2, -0.15) is 0 Å². The molecule has 7 heteroatoms. The number of rotatable bonds is 5. The molecule has 31 heavy (non-hydrogen) atoms. The molecular formula is C24H23BrN2O4. The van der Waals surface area contributed by atoms with Gasteiger partial charge in [-0.05, 0) is 59.3 Å². The van der Waals surface area contributed by atoms with Crippen LogP contribution in [0.1, 0.15) is 10.4 Å². The van der Waals surface area contributed by atoms with E-state index < -0.39 is 0 Å². The number of benzene rings is 3. The van der Waals surface area contributed by atoms with E-state index in [4.69, 9.17) is 9.47 Å². The van der Waals surface area contributed by atoms with E-state index in [-0.39, 0.29) is 18.4 Å². The number of piperazine rings is 1. The van der Waals surface area contributed by atoms with Crippen molar-refractivity contribution in [2.75, 3.05) is 39.9 Å². The van der Waals surface area contributed by atoms with Crippen LogP contribution < -0.4 is 9.47 Å². The normalized spacial score (nSPS) is 13.9. The number of hydrogen-bond acceptors (Lipinski definition) is 4. The van der Waals surface area contributed by atoms with Gasteiger partial charge in [-0.25, -0.2) is 0 Å². The number of carbonyl (C=O) groups is 2. The first kappa shape index (κ1) is 21.2. The quantitative estimate of drug-likeness (QED) is 0.551. The van der Waals surface area contributed by atoms with Crippen LogP contribution in [0.25, 0.3) is 10.8 Å². The van der Waals surface area contributed by atoms with E-state index in [1.807, 2.05) is 36.4 Å². The molecule has 0 saturated carbocycles. The minimum Gasteiger partial charge on any atom is -0.497 e. The van der Waals surface area contributed by atoms with Gasteiger partial charge >= 0.3 is 0 Å². The molecule has 3 aromatic carbocycles. The summed E-state index contributed by atoms with van der Waals surface area (Å²) in [5, 5.41) is 2.16. The SMILES string of the molecule is COc1ccc(C(=O)N2CCN(C(=O)COc3ccc4cc(Br)ccc4c3)CC2)cc1. The molecule has 0 N–H and O–H groups in total. The van der Waals surface area contributed by atoms with Crippen LogP contribution in [-0.2, 0) is 4.79 Å². The zero-order chi connectivity index (χ0) is 21.8. The Hall–Kier alpha value is -3.06. The average molecular weight is 483 g/mol.